The number of sulfonamides is 1. The van der Waals surface area contributed by atoms with Gasteiger partial charge in [-0.15, -0.1) is 0 Å². The third-order valence-electron chi connectivity index (χ3n) is 5.63. The molecule has 2 N–H and O–H groups in total. The highest BCUT2D eigenvalue weighted by Crippen LogP contribution is 2.23. The summed E-state index contributed by atoms with van der Waals surface area (Å²) < 4.78 is 39.8. The number of aryl methyl sites for hydroxylation is 1. The molecule has 0 heterocycles. The Balaban J connectivity index is 1.83. The molecule has 2 atom stereocenters. The highest BCUT2D eigenvalue weighted by atomic mass is 32.2. The SMILES string of the molecule is CCOc1ccc(S(=O)(=O)N[C@H](Cc2ccccc2)C(=O)N[C@@H](C)c2ccc(OC)cc2)cc1C. The van der Waals surface area contributed by atoms with Crippen molar-refractivity contribution in [3.05, 3.63) is 89.5 Å². The summed E-state index contributed by atoms with van der Waals surface area (Å²) in [5, 5.41) is 2.94. The van der Waals surface area contributed by atoms with E-state index in [4.69, 9.17) is 9.47 Å². The van der Waals surface area contributed by atoms with Gasteiger partial charge in [-0.2, -0.15) is 4.72 Å². The lowest BCUT2D eigenvalue weighted by Gasteiger charge is -2.22. The summed E-state index contributed by atoms with van der Waals surface area (Å²) in [7, 11) is -2.38. The number of benzene rings is 3. The summed E-state index contributed by atoms with van der Waals surface area (Å²) in [6.45, 7) is 5.99. The molecule has 3 aromatic carbocycles. The molecule has 0 unspecified atom stereocenters. The molecule has 0 aliphatic carbocycles. The second-order valence-corrected chi connectivity index (χ2v) is 9.94. The minimum Gasteiger partial charge on any atom is -0.497 e. The number of hydrogen-bond donors (Lipinski definition) is 2. The van der Waals surface area contributed by atoms with Crippen LogP contribution in [0, 0.1) is 6.92 Å². The van der Waals surface area contributed by atoms with Crippen LogP contribution in [0.4, 0.5) is 0 Å². The van der Waals surface area contributed by atoms with Crippen molar-refractivity contribution < 1.29 is 22.7 Å². The lowest BCUT2D eigenvalue weighted by Crippen LogP contribution is -2.48. The van der Waals surface area contributed by atoms with Crippen LogP contribution in [0.25, 0.3) is 0 Å². The maximum absolute atomic E-state index is 13.3. The molecule has 7 nitrogen and oxygen atoms in total. The van der Waals surface area contributed by atoms with Gasteiger partial charge in [-0.25, -0.2) is 8.42 Å². The summed E-state index contributed by atoms with van der Waals surface area (Å²) in [6.07, 6.45) is 0.206. The van der Waals surface area contributed by atoms with E-state index in [9.17, 15) is 13.2 Å². The Kier molecular flexibility index (Phi) is 8.89. The fraction of sp³-hybridized carbons (Fsp3) is 0.296. The van der Waals surface area contributed by atoms with Crippen molar-refractivity contribution in [2.24, 2.45) is 0 Å². The summed E-state index contributed by atoms with van der Waals surface area (Å²) >= 11 is 0. The molecule has 0 aliphatic rings. The number of nitrogens with one attached hydrogen (secondary N) is 2. The average molecular weight is 497 g/mol. The van der Waals surface area contributed by atoms with E-state index in [0.717, 1.165) is 11.1 Å². The summed E-state index contributed by atoms with van der Waals surface area (Å²) in [6, 6.07) is 20.0. The van der Waals surface area contributed by atoms with Crippen molar-refractivity contribution >= 4 is 15.9 Å². The number of amides is 1. The van der Waals surface area contributed by atoms with E-state index in [0.29, 0.717) is 23.7 Å². The van der Waals surface area contributed by atoms with E-state index in [2.05, 4.69) is 10.0 Å². The number of rotatable bonds is 11. The lowest BCUT2D eigenvalue weighted by atomic mass is 10.0. The highest BCUT2D eigenvalue weighted by molar-refractivity contribution is 7.89. The van der Waals surface area contributed by atoms with Crippen LogP contribution < -0.4 is 19.5 Å². The molecule has 0 spiro atoms. The Labute approximate surface area is 207 Å². The molecular weight excluding hydrogens is 464 g/mol. The zero-order valence-electron chi connectivity index (χ0n) is 20.4. The third-order valence-corrected chi connectivity index (χ3v) is 7.10. The molecule has 3 aromatic rings. The molecule has 0 saturated carbocycles. The first kappa shape index (κ1) is 26.2. The zero-order chi connectivity index (χ0) is 25.4. The average Bonchev–Trinajstić information content (AvgIpc) is 2.85. The van der Waals surface area contributed by atoms with Crippen molar-refractivity contribution in [3.8, 4) is 11.5 Å². The van der Waals surface area contributed by atoms with E-state index in [1.54, 1.807) is 26.2 Å². The Morgan fingerprint density at radius 1 is 1.00 bits per heavy atom. The van der Waals surface area contributed by atoms with Crippen LogP contribution in [0.3, 0.4) is 0 Å². The Morgan fingerprint density at radius 2 is 1.69 bits per heavy atom. The molecule has 0 bridgehead atoms. The van der Waals surface area contributed by atoms with Gasteiger partial charge in [-0.3, -0.25) is 4.79 Å². The smallest absolute Gasteiger partial charge is 0.241 e. The van der Waals surface area contributed by atoms with Crippen LogP contribution in [0.2, 0.25) is 0 Å². The van der Waals surface area contributed by atoms with Crippen LogP contribution in [0.1, 0.15) is 36.6 Å². The van der Waals surface area contributed by atoms with Crippen LogP contribution in [-0.2, 0) is 21.2 Å². The molecule has 0 aliphatic heterocycles. The molecule has 1 amide bonds. The summed E-state index contributed by atoms with van der Waals surface area (Å²) in [5.74, 6) is 0.925. The molecular formula is C27H32N2O5S. The normalized spacial score (nSPS) is 13.0. The van der Waals surface area contributed by atoms with Gasteiger partial charge in [-0.1, -0.05) is 42.5 Å². The second kappa shape index (κ2) is 11.9. The van der Waals surface area contributed by atoms with Gasteiger partial charge in [0.1, 0.15) is 17.5 Å². The largest absolute Gasteiger partial charge is 0.497 e. The number of methoxy groups -OCH3 is 1. The van der Waals surface area contributed by atoms with Crippen molar-refractivity contribution in [2.75, 3.05) is 13.7 Å². The minimum atomic E-state index is -3.97. The number of hydrogen-bond acceptors (Lipinski definition) is 5. The lowest BCUT2D eigenvalue weighted by molar-refractivity contribution is -0.123. The van der Waals surface area contributed by atoms with Crippen LogP contribution >= 0.6 is 0 Å². The van der Waals surface area contributed by atoms with E-state index in [-0.39, 0.29) is 17.4 Å². The van der Waals surface area contributed by atoms with E-state index in [1.807, 2.05) is 68.4 Å². The van der Waals surface area contributed by atoms with E-state index < -0.39 is 22.0 Å². The Morgan fingerprint density at radius 3 is 2.29 bits per heavy atom. The molecule has 0 saturated heterocycles. The van der Waals surface area contributed by atoms with E-state index >= 15 is 0 Å². The maximum Gasteiger partial charge on any atom is 0.241 e. The van der Waals surface area contributed by atoms with Gasteiger partial charge in [0, 0.05) is 0 Å². The van der Waals surface area contributed by atoms with Crippen LogP contribution in [0.15, 0.2) is 77.7 Å². The first-order valence-electron chi connectivity index (χ1n) is 11.5. The van der Waals surface area contributed by atoms with Crippen molar-refractivity contribution in [2.45, 2.75) is 44.2 Å². The topological polar surface area (TPSA) is 93.7 Å². The molecule has 0 radical (unpaired) electrons. The number of ether oxygens (including phenoxy) is 2. The van der Waals surface area contributed by atoms with Crippen LogP contribution in [-0.4, -0.2) is 34.1 Å². The monoisotopic (exact) mass is 496 g/mol. The Bertz CT molecular complexity index is 1230. The molecule has 3 rings (SSSR count). The predicted octanol–water partition coefficient (Wildman–Crippen LogP) is 4.17. The van der Waals surface area contributed by atoms with Crippen molar-refractivity contribution in [1.82, 2.24) is 10.0 Å². The van der Waals surface area contributed by atoms with Gasteiger partial charge in [0.05, 0.1) is 24.7 Å². The second-order valence-electron chi connectivity index (χ2n) is 8.23. The van der Waals surface area contributed by atoms with Crippen molar-refractivity contribution in [1.29, 1.82) is 0 Å². The maximum atomic E-state index is 13.3. The Hall–Kier alpha value is -3.36. The quantitative estimate of drug-likeness (QED) is 0.416. The standard InChI is InChI=1S/C27H32N2O5S/c1-5-34-26-16-15-24(17-19(26)2)35(31,32)29-25(18-21-9-7-6-8-10-21)27(30)28-20(3)22-11-13-23(33-4)14-12-22/h6-17,20,25,29H,5,18H2,1-4H3,(H,28,30)/t20-,25+/m0/s1. The number of carbonyl (C=O) groups is 1. The minimum absolute atomic E-state index is 0.0764. The van der Waals surface area contributed by atoms with Crippen LogP contribution in [0.5, 0.6) is 11.5 Å². The highest BCUT2D eigenvalue weighted by Gasteiger charge is 2.27. The van der Waals surface area contributed by atoms with Gasteiger partial charge in [0.15, 0.2) is 0 Å². The van der Waals surface area contributed by atoms with Gasteiger partial charge in [0.25, 0.3) is 0 Å². The van der Waals surface area contributed by atoms with E-state index in [1.165, 1.54) is 6.07 Å². The predicted molar refractivity (Wildman–Crippen MR) is 136 cm³/mol. The van der Waals surface area contributed by atoms with Gasteiger partial charge in [0.2, 0.25) is 15.9 Å². The molecule has 186 valence electrons. The molecule has 0 aromatic heterocycles. The molecule has 8 heteroatoms. The zero-order valence-corrected chi connectivity index (χ0v) is 21.3. The first-order valence-corrected chi connectivity index (χ1v) is 13.0. The number of carbonyl (C=O) groups excluding carboxylic acids is 1. The first-order chi connectivity index (χ1) is 16.7. The third kappa shape index (κ3) is 7.07. The van der Waals surface area contributed by atoms with Gasteiger partial charge >= 0.3 is 0 Å². The molecule has 0 fully saturated rings. The molecule has 35 heavy (non-hydrogen) atoms. The summed E-state index contributed by atoms with van der Waals surface area (Å²) in [5.41, 5.74) is 2.42. The van der Waals surface area contributed by atoms with Gasteiger partial charge < -0.3 is 14.8 Å². The fourth-order valence-electron chi connectivity index (χ4n) is 3.69. The fourth-order valence-corrected chi connectivity index (χ4v) is 4.97. The van der Waals surface area contributed by atoms with Crippen molar-refractivity contribution in [3.63, 3.8) is 0 Å². The summed E-state index contributed by atoms with van der Waals surface area (Å²) in [4.78, 5) is 13.4. The van der Waals surface area contributed by atoms with Gasteiger partial charge in [-0.05, 0) is 74.2 Å².